The zero-order chi connectivity index (χ0) is 21.7. The lowest BCUT2D eigenvalue weighted by atomic mass is 10.1. The summed E-state index contributed by atoms with van der Waals surface area (Å²) in [7, 11) is 4.41. The summed E-state index contributed by atoms with van der Waals surface area (Å²) in [6.07, 6.45) is 0. The van der Waals surface area contributed by atoms with Gasteiger partial charge in [0.05, 0.1) is 44.0 Å². The van der Waals surface area contributed by atoms with Gasteiger partial charge in [0.1, 0.15) is 18.2 Å². The maximum Gasteiger partial charge on any atom is 0.338 e. The Balaban J connectivity index is 1.91. The molecule has 0 atom stereocenters. The first-order valence-electron chi connectivity index (χ1n) is 9.05. The van der Waals surface area contributed by atoms with Crippen molar-refractivity contribution in [2.75, 3.05) is 21.3 Å². The van der Waals surface area contributed by atoms with Gasteiger partial charge < -0.3 is 18.9 Å². The monoisotopic (exact) mass is 407 g/mol. The number of carbonyl (C=O) groups excluding carboxylic acids is 1. The van der Waals surface area contributed by atoms with Gasteiger partial charge in [-0.15, -0.1) is 0 Å². The topological polar surface area (TPSA) is 95.6 Å². The maximum atomic E-state index is 12.7. The number of hydrogen-bond donors (Lipinski definition) is 0. The third kappa shape index (κ3) is 3.91. The van der Waals surface area contributed by atoms with Crippen LogP contribution in [0.4, 0.5) is 0 Å². The van der Waals surface area contributed by atoms with Gasteiger partial charge in [-0.2, -0.15) is 10.4 Å². The smallest absolute Gasteiger partial charge is 0.338 e. The number of nitriles is 1. The molecule has 2 aromatic carbocycles. The highest BCUT2D eigenvalue weighted by Gasteiger charge is 2.21. The van der Waals surface area contributed by atoms with Crippen molar-refractivity contribution in [2.24, 2.45) is 0 Å². The molecule has 0 N–H and O–H groups in total. The van der Waals surface area contributed by atoms with Gasteiger partial charge in [-0.1, -0.05) is 18.2 Å². The van der Waals surface area contributed by atoms with Gasteiger partial charge in [0, 0.05) is 0 Å². The fourth-order valence-corrected chi connectivity index (χ4v) is 3.05. The minimum absolute atomic E-state index is 0.131. The average Bonchev–Trinajstić information content (AvgIpc) is 3.11. The molecule has 154 valence electrons. The fourth-order valence-electron chi connectivity index (χ4n) is 3.05. The molecule has 3 aromatic rings. The van der Waals surface area contributed by atoms with E-state index >= 15 is 0 Å². The van der Waals surface area contributed by atoms with E-state index in [1.54, 1.807) is 11.6 Å². The Bertz CT molecular complexity index is 1070. The van der Waals surface area contributed by atoms with Crippen LogP contribution in [-0.2, 0) is 11.3 Å². The highest BCUT2D eigenvalue weighted by atomic mass is 16.5. The number of carbonyl (C=O) groups is 1. The number of rotatable bonds is 7. The molecule has 8 heteroatoms. The van der Waals surface area contributed by atoms with Gasteiger partial charge in [-0.05, 0) is 31.2 Å². The Morgan fingerprint density at radius 3 is 2.23 bits per heavy atom. The van der Waals surface area contributed by atoms with E-state index in [0.717, 1.165) is 5.69 Å². The molecule has 0 bridgehead atoms. The number of esters is 1. The minimum Gasteiger partial charge on any atom is -0.493 e. The molecule has 30 heavy (non-hydrogen) atoms. The van der Waals surface area contributed by atoms with Crippen LogP contribution in [0.2, 0.25) is 0 Å². The molecule has 0 aliphatic heterocycles. The van der Waals surface area contributed by atoms with Crippen molar-refractivity contribution >= 4 is 5.97 Å². The zero-order valence-corrected chi connectivity index (χ0v) is 17.1. The predicted octanol–water partition coefficient (Wildman–Crippen LogP) is 3.44. The zero-order valence-electron chi connectivity index (χ0n) is 17.1. The molecule has 0 aliphatic rings. The molecule has 0 aliphatic carbocycles. The van der Waals surface area contributed by atoms with E-state index < -0.39 is 5.97 Å². The number of ether oxygens (including phenoxy) is 4. The molecule has 0 radical (unpaired) electrons. The largest absolute Gasteiger partial charge is 0.493 e. The summed E-state index contributed by atoms with van der Waals surface area (Å²) in [5.41, 5.74) is 2.41. The van der Waals surface area contributed by atoms with Crippen LogP contribution < -0.4 is 14.2 Å². The maximum absolute atomic E-state index is 12.7. The Morgan fingerprint density at radius 1 is 1.07 bits per heavy atom. The van der Waals surface area contributed by atoms with Crippen molar-refractivity contribution in [1.29, 1.82) is 5.26 Å². The van der Waals surface area contributed by atoms with Crippen LogP contribution in [0, 0.1) is 18.3 Å². The van der Waals surface area contributed by atoms with E-state index in [9.17, 15) is 10.1 Å². The standard InChI is InChI=1S/C22H21N3O5/c1-14-17(12-23)18(25(24-14)16-8-6-5-7-9-16)13-30-22(26)15-10-19(27-2)21(29-4)20(11-15)28-3/h5-11H,13H2,1-4H3. The summed E-state index contributed by atoms with van der Waals surface area (Å²) in [6, 6.07) is 14.5. The molecule has 0 spiro atoms. The molecular weight excluding hydrogens is 386 g/mol. The number of para-hydroxylation sites is 1. The molecule has 0 unspecified atom stereocenters. The number of aryl methyl sites for hydroxylation is 1. The third-order valence-electron chi connectivity index (χ3n) is 4.51. The highest BCUT2D eigenvalue weighted by Crippen LogP contribution is 2.38. The molecular formula is C22H21N3O5. The summed E-state index contributed by atoms with van der Waals surface area (Å²) in [6.45, 7) is 1.61. The summed E-state index contributed by atoms with van der Waals surface area (Å²) >= 11 is 0. The van der Waals surface area contributed by atoms with E-state index in [0.29, 0.717) is 34.2 Å². The first-order valence-corrected chi connectivity index (χ1v) is 9.05. The van der Waals surface area contributed by atoms with Crippen molar-refractivity contribution in [1.82, 2.24) is 9.78 Å². The quantitative estimate of drug-likeness (QED) is 0.554. The fraction of sp³-hybridized carbons (Fsp3) is 0.227. The van der Waals surface area contributed by atoms with Gasteiger partial charge in [0.15, 0.2) is 11.5 Å². The number of aromatic nitrogens is 2. The first kappa shape index (κ1) is 20.7. The van der Waals surface area contributed by atoms with Gasteiger partial charge in [-0.25, -0.2) is 9.48 Å². The van der Waals surface area contributed by atoms with Crippen LogP contribution in [0.3, 0.4) is 0 Å². The first-order chi connectivity index (χ1) is 14.5. The van der Waals surface area contributed by atoms with Crippen molar-refractivity contribution in [2.45, 2.75) is 13.5 Å². The second-order valence-electron chi connectivity index (χ2n) is 6.26. The van der Waals surface area contributed by atoms with Gasteiger partial charge >= 0.3 is 5.97 Å². The van der Waals surface area contributed by atoms with E-state index in [4.69, 9.17) is 18.9 Å². The second kappa shape index (κ2) is 9.01. The van der Waals surface area contributed by atoms with Crippen molar-refractivity contribution in [3.8, 4) is 29.0 Å². The van der Waals surface area contributed by atoms with E-state index in [2.05, 4.69) is 11.2 Å². The van der Waals surface area contributed by atoms with Gasteiger partial charge in [0.25, 0.3) is 0 Å². The second-order valence-corrected chi connectivity index (χ2v) is 6.26. The summed E-state index contributed by atoms with van der Waals surface area (Å²) in [5, 5.41) is 14.0. The number of benzene rings is 2. The lowest BCUT2D eigenvalue weighted by Crippen LogP contribution is -2.10. The van der Waals surface area contributed by atoms with E-state index in [1.165, 1.54) is 33.5 Å². The van der Waals surface area contributed by atoms with E-state index in [-0.39, 0.29) is 12.2 Å². The molecule has 0 fully saturated rings. The van der Waals surface area contributed by atoms with Crippen LogP contribution in [0.25, 0.3) is 5.69 Å². The number of nitrogens with zero attached hydrogens (tertiary/aromatic N) is 3. The van der Waals surface area contributed by atoms with Crippen LogP contribution in [0.1, 0.15) is 27.3 Å². The summed E-state index contributed by atoms with van der Waals surface area (Å²) < 4.78 is 22.9. The Kier molecular flexibility index (Phi) is 6.23. The van der Waals surface area contributed by atoms with E-state index in [1.807, 2.05) is 30.3 Å². The molecule has 0 saturated carbocycles. The van der Waals surface area contributed by atoms with Crippen molar-refractivity contribution < 1.29 is 23.7 Å². The Hall–Kier alpha value is -3.99. The van der Waals surface area contributed by atoms with Crippen molar-refractivity contribution in [3.63, 3.8) is 0 Å². The number of methoxy groups -OCH3 is 3. The van der Waals surface area contributed by atoms with Crippen LogP contribution >= 0.6 is 0 Å². The van der Waals surface area contributed by atoms with Crippen LogP contribution in [0.15, 0.2) is 42.5 Å². The SMILES string of the molecule is COc1cc(C(=O)OCc2c(C#N)c(C)nn2-c2ccccc2)cc(OC)c1OC. The van der Waals surface area contributed by atoms with Gasteiger partial charge in [0.2, 0.25) is 5.75 Å². The molecule has 1 heterocycles. The minimum atomic E-state index is -0.600. The summed E-state index contributed by atoms with van der Waals surface area (Å²) in [4.78, 5) is 12.7. The Morgan fingerprint density at radius 2 is 1.70 bits per heavy atom. The lowest BCUT2D eigenvalue weighted by Gasteiger charge is -2.14. The molecule has 0 amide bonds. The average molecular weight is 407 g/mol. The van der Waals surface area contributed by atoms with Crippen LogP contribution in [-0.4, -0.2) is 37.1 Å². The summed E-state index contributed by atoms with van der Waals surface area (Å²) in [5.74, 6) is 0.455. The number of hydrogen-bond acceptors (Lipinski definition) is 7. The van der Waals surface area contributed by atoms with Crippen LogP contribution in [0.5, 0.6) is 17.2 Å². The normalized spacial score (nSPS) is 10.2. The highest BCUT2D eigenvalue weighted by molar-refractivity contribution is 5.91. The van der Waals surface area contributed by atoms with Gasteiger partial charge in [-0.3, -0.25) is 0 Å². The molecule has 1 aromatic heterocycles. The predicted molar refractivity (Wildman–Crippen MR) is 108 cm³/mol. The molecule has 0 saturated heterocycles. The molecule has 8 nitrogen and oxygen atoms in total. The lowest BCUT2D eigenvalue weighted by molar-refractivity contribution is 0.0464. The Labute approximate surface area is 174 Å². The van der Waals surface area contributed by atoms with Crippen molar-refractivity contribution in [3.05, 3.63) is 65.0 Å². The third-order valence-corrected chi connectivity index (χ3v) is 4.51. The molecule has 3 rings (SSSR count).